The van der Waals surface area contributed by atoms with Crippen molar-refractivity contribution in [1.29, 1.82) is 0 Å². The molecule has 1 unspecified atom stereocenters. The first kappa shape index (κ1) is 24.0. The van der Waals surface area contributed by atoms with Crippen LogP contribution in [0.15, 0.2) is 53.9 Å². The maximum atomic E-state index is 12.8. The van der Waals surface area contributed by atoms with Gasteiger partial charge in [-0.15, -0.1) is 11.3 Å². The van der Waals surface area contributed by atoms with E-state index in [-0.39, 0.29) is 17.4 Å². The van der Waals surface area contributed by atoms with Gasteiger partial charge in [-0.2, -0.15) is 0 Å². The first-order chi connectivity index (χ1) is 16.6. The fourth-order valence-electron chi connectivity index (χ4n) is 4.47. The summed E-state index contributed by atoms with van der Waals surface area (Å²) in [5.41, 5.74) is 5.08. The second kappa shape index (κ2) is 11.3. The molecule has 1 aliphatic carbocycles. The Morgan fingerprint density at radius 2 is 1.85 bits per heavy atom. The fraction of sp³-hybridized carbons (Fsp3) is 0.333. The molecule has 1 atom stereocenters. The van der Waals surface area contributed by atoms with Crippen LogP contribution in [0.1, 0.15) is 62.6 Å². The van der Waals surface area contributed by atoms with Gasteiger partial charge in [0.05, 0.1) is 5.56 Å². The van der Waals surface area contributed by atoms with E-state index < -0.39 is 5.97 Å². The average molecular weight is 479 g/mol. The van der Waals surface area contributed by atoms with E-state index in [2.05, 4.69) is 22.8 Å². The van der Waals surface area contributed by atoms with E-state index in [0.717, 1.165) is 56.5 Å². The molecule has 34 heavy (non-hydrogen) atoms. The number of aromatic carboxylic acids is 1. The van der Waals surface area contributed by atoms with Crippen molar-refractivity contribution < 1.29 is 19.4 Å². The zero-order chi connectivity index (χ0) is 23.9. The lowest BCUT2D eigenvalue weighted by molar-refractivity contribution is 0.0696. The summed E-state index contributed by atoms with van der Waals surface area (Å²) >= 11 is 1.29. The minimum Gasteiger partial charge on any atom is -0.478 e. The number of aryl methyl sites for hydroxylation is 1. The first-order valence-electron chi connectivity index (χ1n) is 11.6. The van der Waals surface area contributed by atoms with Crippen molar-refractivity contribution in [2.24, 2.45) is 0 Å². The van der Waals surface area contributed by atoms with Crippen molar-refractivity contribution in [3.05, 3.63) is 81.7 Å². The number of anilines is 2. The number of hydrogen-bond acceptors (Lipinski definition) is 5. The number of methoxy groups -OCH3 is 1. The molecule has 0 spiro atoms. The van der Waals surface area contributed by atoms with E-state index in [1.54, 1.807) is 19.2 Å². The molecule has 0 fully saturated rings. The minimum atomic E-state index is -1.00. The van der Waals surface area contributed by atoms with Gasteiger partial charge in [0.15, 0.2) is 0 Å². The molecule has 3 aromatic rings. The maximum Gasteiger partial charge on any atom is 0.339 e. The summed E-state index contributed by atoms with van der Waals surface area (Å²) in [6.07, 6.45) is 4.65. The Labute approximate surface area is 204 Å². The van der Waals surface area contributed by atoms with Crippen LogP contribution in [0.3, 0.4) is 0 Å². The molecule has 1 aliphatic rings. The Bertz CT molecular complexity index is 1140. The monoisotopic (exact) mass is 478 g/mol. The fourth-order valence-corrected chi connectivity index (χ4v) is 5.50. The Kier molecular flexibility index (Phi) is 7.98. The molecule has 1 heterocycles. The van der Waals surface area contributed by atoms with Crippen molar-refractivity contribution in [3.8, 4) is 0 Å². The highest BCUT2D eigenvalue weighted by atomic mass is 32.1. The quantitative estimate of drug-likeness (QED) is 0.320. The predicted octanol–water partition coefficient (Wildman–Crippen LogP) is 5.81. The zero-order valence-corrected chi connectivity index (χ0v) is 20.1. The molecule has 6 nitrogen and oxygen atoms in total. The molecule has 3 N–H and O–H groups in total. The summed E-state index contributed by atoms with van der Waals surface area (Å²) in [7, 11) is 1.70. The van der Waals surface area contributed by atoms with Crippen molar-refractivity contribution in [3.63, 3.8) is 0 Å². The number of hydrogen-bond donors (Lipinski definition) is 3. The summed E-state index contributed by atoms with van der Waals surface area (Å²) in [6.45, 7) is 1.58. The standard InChI is InChI=1S/C27H30N2O4S/c1-33-15-5-4-14-28-22-12-10-19(11-13-22)25(30)29-26-24(27(31)32)23(17-34-26)21-9-8-18-6-2-3-7-20(18)16-21/h2-3,6-7,10-13,17,21,28H,4-5,8-9,14-16H2,1H3,(H,29,30)(H,31,32). The van der Waals surface area contributed by atoms with Crippen LogP contribution in [0.4, 0.5) is 10.7 Å². The summed E-state index contributed by atoms with van der Waals surface area (Å²) in [5.74, 6) is -1.17. The second-order valence-electron chi connectivity index (χ2n) is 8.57. The molecule has 0 saturated heterocycles. The highest BCUT2D eigenvalue weighted by Crippen LogP contribution is 2.39. The number of fused-ring (bicyclic) bond motifs is 1. The highest BCUT2D eigenvalue weighted by Gasteiger charge is 2.28. The molecule has 178 valence electrons. The van der Waals surface area contributed by atoms with Gasteiger partial charge < -0.3 is 20.5 Å². The summed E-state index contributed by atoms with van der Waals surface area (Å²) in [4.78, 5) is 25.0. The van der Waals surface area contributed by atoms with E-state index >= 15 is 0 Å². The third kappa shape index (κ3) is 5.66. The average Bonchev–Trinajstić information content (AvgIpc) is 3.27. The molecule has 0 bridgehead atoms. The smallest absolute Gasteiger partial charge is 0.339 e. The van der Waals surface area contributed by atoms with Crippen LogP contribution in [0.2, 0.25) is 0 Å². The maximum absolute atomic E-state index is 12.8. The molecule has 0 saturated carbocycles. The van der Waals surface area contributed by atoms with Crippen LogP contribution in [-0.2, 0) is 17.6 Å². The molecular formula is C27H30N2O4S. The molecular weight excluding hydrogens is 448 g/mol. The number of carboxylic acid groups (broad SMARTS) is 1. The number of thiophene rings is 1. The zero-order valence-electron chi connectivity index (χ0n) is 19.3. The van der Waals surface area contributed by atoms with Crippen molar-refractivity contribution in [2.45, 2.75) is 38.0 Å². The molecule has 2 aromatic carbocycles. The Hall–Kier alpha value is -3.16. The molecule has 4 rings (SSSR count). The topological polar surface area (TPSA) is 87.7 Å². The first-order valence-corrected chi connectivity index (χ1v) is 12.5. The third-order valence-corrected chi connectivity index (χ3v) is 7.21. The number of amides is 1. The highest BCUT2D eigenvalue weighted by molar-refractivity contribution is 7.15. The Morgan fingerprint density at radius 3 is 2.59 bits per heavy atom. The van der Waals surface area contributed by atoms with Crippen molar-refractivity contribution >= 4 is 33.9 Å². The van der Waals surface area contributed by atoms with Crippen LogP contribution in [0.25, 0.3) is 0 Å². The van der Waals surface area contributed by atoms with Gasteiger partial charge in [-0.1, -0.05) is 24.3 Å². The number of carbonyl (C=O) groups is 2. The van der Waals surface area contributed by atoms with Gasteiger partial charge >= 0.3 is 5.97 Å². The van der Waals surface area contributed by atoms with Gasteiger partial charge in [0.2, 0.25) is 0 Å². The largest absolute Gasteiger partial charge is 0.478 e. The van der Waals surface area contributed by atoms with E-state index in [9.17, 15) is 14.7 Å². The van der Waals surface area contributed by atoms with Crippen LogP contribution >= 0.6 is 11.3 Å². The molecule has 1 aromatic heterocycles. The minimum absolute atomic E-state index is 0.136. The van der Waals surface area contributed by atoms with Gasteiger partial charge in [-0.3, -0.25) is 4.79 Å². The summed E-state index contributed by atoms with van der Waals surface area (Å²) in [6, 6.07) is 15.6. The molecule has 0 radical (unpaired) electrons. The Balaban J connectivity index is 1.42. The molecule has 1 amide bonds. The lowest BCUT2D eigenvalue weighted by atomic mass is 9.80. The van der Waals surface area contributed by atoms with E-state index in [4.69, 9.17) is 4.74 Å². The van der Waals surface area contributed by atoms with E-state index in [0.29, 0.717) is 10.6 Å². The second-order valence-corrected chi connectivity index (χ2v) is 9.45. The van der Waals surface area contributed by atoms with Crippen molar-refractivity contribution in [2.75, 3.05) is 30.9 Å². The van der Waals surface area contributed by atoms with Crippen LogP contribution in [0, 0.1) is 0 Å². The van der Waals surface area contributed by atoms with Gasteiger partial charge in [-0.05, 0) is 84.4 Å². The molecule has 0 aliphatic heterocycles. The summed E-state index contributed by atoms with van der Waals surface area (Å²) < 4.78 is 5.05. The lowest BCUT2D eigenvalue weighted by Crippen LogP contribution is -2.17. The number of benzene rings is 2. The van der Waals surface area contributed by atoms with Gasteiger partial charge in [0.1, 0.15) is 5.00 Å². The van der Waals surface area contributed by atoms with Crippen molar-refractivity contribution in [1.82, 2.24) is 0 Å². The normalized spacial score (nSPS) is 14.9. The van der Waals surface area contributed by atoms with Gasteiger partial charge in [0.25, 0.3) is 5.91 Å². The number of carboxylic acids is 1. The van der Waals surface area contributed by atoms with Gasteiger partial charge in [-0.25, -0.2) is 4.79 Å². The number of rotatable bonds is 10. The Morgan fingerprint density at radius 1 is 1.09 bits per heavy atom. The lowest BCUT2D eigenvalue weighted by Gasteiger charge is -2.24. The SMILES string of the molecule is COCCCCNc1ccc(C(=O)Nc2scc(C3CCc4ccccc4C3)c2C(=O)O)cc1. The third-order valence-electron chi connectivity index (χ3n) is 6.30. The number of carbonyl (C=O) groups excluding carboxylic acids is 1. The van der Waals surface area contributed by atoms with Crippen LogP contribution < -0.4 is 10.6 Å². The van der Waals surface area contributed by atoms with E-state index in [1.165, 1.54) is 22.5 Å². The summed E-state index contributed by atoms with van der Waals surface area (Å²) in [5, 5.41) is 18.4. The predicted molar refractivity (Wildman–Crippen MR) is 136 cm³/mol. The van der Waals surface area contributed by atoms with Gasteiger partial charge in [0, 0.05) is 31.5 Å². The van der Waals surface area contributed by atoms with Crippen LogP contribution in [0.5, 0.6) is 0 Å². The molecule has 7 heteroatoms. The number of ether oxygens (including phenoxy) is 1. The number of nitrogens with one attached hydrogen (secondary N) is 2. The van der Waals surface area contributed by atoms with E-state index in [1.807, 2.05) is 29.6 Å². The van der Waals surface area contributed by atoms with Crippen LogP contribution in [-0.4, -0.2) is 37.2 Å². The number of unbranched alkanes of at least 4 members (excludes halogenated alkanes) is 1.